The van der Waals surface area contributed by atoms with E-state index in [1.807, 2.05) is 36.2 Å². The van der Waals surface area contributed by atoms with E-state index in [0.29, 0.717) is 13.0 Å². The zero-order valence-electron chi connectivity index (χ0n) is 11.9. The van der Waals surface area contributed by atoms with Gasteiger partial charge in [-0.2, -0.15) is 0 Å². The molecular formula is C15H19NO4S. The molecule has 1 aromatic rings. The van der Waals surface area contributed by atoms with E-state index >= 15 is 0 Å². The molecular weight excluding hydrogens is 290 g/mol. The van der Waals surface area contributed by atoms with E-state index in [0.717, 1.165) is 17.2 Å². The third-order valence-electron chi connectivity index (χ3n) is 3.63. The van der Waals surface area contributed by atoms with Crippen molar-refractivity contribution in [1.29, 1.82) is 0 Å². The first-order valence-corrected chi connectivity index (χ1v) is 8.58. The number of sulfone groups is 1. The van der Waals surface area contributed by atoms with Crippen molar-refractivity contribution in [2.75, 3.05) is 18.6 Å². The molecule has 21 heavy (non-hydrogen) atoms. The van der Waals surface area contributed by atoms with Crippen LogP contribution in [0, 0.1) is 0 Å². The van der Waals surface area contributed by atoms with Crippen LogP contribution in [-0.4, -0.2) is 49.0 Å². The molecule has 0 radical (unpaired) electrons. The number of nitrogens with zero attached hydrogens (tertiary/aromatic N) is 1. The Balaban J connectivity index is 2.03. The Morgan fingerprint density at radius 1 is 1.48 bits per heavy atom. The third kappa shape index (κ3) is 4.68. The third-order valence-corrected chi connectivity index (χ3v) is 5.38. The second kappa shape index (κ2) is 6.41. The molecule has 6 heteroatoms. The van der Waals surface area contributed by atoms with E-state index < -0.39 is 15.8 Å². The minimum Gasteiger partial charge on any atom is -0.478 e. The fourth-order valence-corrected chi connectivity index (χ4v) is 4.31. The van der Waals surface area contributed by atoms with E-state index in [9.17, 15) is 13.2 Å². The van der Waals surface area contributed by atoms with Crippen LogP contribution in [0.3, 0.4) is 0 Å². The minimum absolute atomic E-state index is 0.0632. The number of hydrogen-bond acceptors (Lipinski definition) is 4. The van der Waals surface area contributed by atoms with E-state index in [1.165, 1.54) is 0 Å². The van der Waals surface area contributed by atoms with E-state index in [1.54, 1.807) is 6.08 Å². The summed E-state index contributed by atoms with van der Waals surface area (Å²) in [5.74, 6) is -0.487. The van der Waals surface area contributed by atoms with Crippen LogP contribution < -0.4 is 0 Å². The van der Waals surface area contributed by atoms with Crippen LogP contribution in [0.5, 0.6) is 0 Å². The molecule has 1 heterocycles. The lowest BCUT2D eigenvalue weighted by atomic mass is 10.1. The van der Waals surface area contributed by atoms with Crippen LogP contribution in [0.25, 0.3) is 6.08 Å². The average molecular weight is 309 g/mol. The standard InChI is InChI=1S/C15H19NO4S/c1-16(14-7-8-21(19,20)11-14)10-13-4-2-3-12(9-13)5-6-15(17)18/h2-6,9,14H,7-8,10-11H2,1H3,(H,17,18). The first kappa shape index (κ1) is 15.7. The summed E-state index contributed by atoms with van der Waals surface area (Å²) < 4.78 is 23.0. The Labute approximate surface area is 124 Å². The number of aliphatic carboxylic acids is 1. The number of carboxylic acids is 1. The van der Waals surface area contributed by atoms with Gasteiger partial charge in [0.15, 0.2) is 9.84 Å². The molecule has 2 rings (SSSR count). The normalized spacial score (nSPS) is 21.1. The molecule has 1 saturated heterocycles. The zero-order chi connectivity index (χ0) is 15.5. The van der Waals surface area contributed by atoms with Crippen molar-refractivity contribution in [2.24, 2.45) is 0 Å². The monoisotopic (exact) mass is 309 g/mol. The number of hydrogen-bond donors (Lipinski definition) is 1. The van der Waals surface area contributed by atoms with Crippen LogP contribution in [-0.2, 0) is 21.2 Å². The number of rotatable bonds is 5. The molecule has 0 saturated carbocycles. The van der Waals surface area contributed by atoms with Crippen LogP contribution in [0.2, 0.25) is 0 Å². The van der Waals surface area contributed by atoms with Crippen LogP contribution in [0.15, 0.2) is 30.3 Å². The first-order chi connectivity index (χ1) is 9.85. The summed E-state index contributed by atoms with van der Waals surface area (Å²) in [6, 6.07) is 7.64. The largest absolute Gasteiger partial charge is 0.478 e. The summed E-state index contributed by atoms with van der Waals surface area (Å²) in [6.45, 7) is 0.648. The summed E-state index contributed by atoms with van der Waals surface area (Å²) >= 11 is 0. The highest BCUT2D eigenvalue weighted by Crippen LogP contribution is 2.19. The van der Waals surface area contributed by atoms with Gasteiger partial charge < -0.3 is 5.11 Å². The summed E-state index contributed by atoms with van der Waals surface area (Å²) in [7, 11) is -0.955. The average Bonchev–Trinajstić information content (AvgIpc) is 2.77. The molecule has 0 spiro atoms. The molecule has 1 aromatic carbocycles. The zero-order valence-corrected chi connectivity index (χ0v) is 12.7. The highest BCUT2D eigenvalue weighted by Gasteiger charge is 2.30. The summed E-state index contributed by atoms with van der Waals surface area (Å²) in [5, 5.41) is 8.63. The second-order valence-electron chi connectivity index (χ2n) is 5.39. The second-order valence-corrected chi connectivity index (χ2v) is 7.62. The van der Waals surface area contributed by atoms with E-state index in [4.69, 9.17) is 5.11 Å². The van der Waals surface area contributed by atoms with E-state index in [-0.39, 0.29) is 17.5 Å². The Bertz CT molecular complexity index is 651. The lowest BCUT2D eigenvalue weighted by Gasteiger charge is -2.23. The van der Waals surface area contributed by atoms with Gasteiger partial charge in [-0.1, -0.05) is 24.3 Å². The molecule has 0 amide bonds. The lowest BCUT2D eigenvalue weighted by molar-refractivity contribution is -0.131. The molecule has 1 N–H and O–H groups in total. The predicted molar refractivity (Wildman–Crippen MR) is 81.6 cm³/mol. The summed E-state index contributed by atoms with van der Waals surface area (Å²) in [5.41, 5.74) is 1.86. The fraction of sp³-hybridized carbons (Fsp3) is 0.400. The van der Waals surface area contributed by atoms with E-state index in [2.05, 4.69) is 0 Å². The van der Waals surface area contributed by atoms with Gasteiger partial charge in [-0.05, 0) is 30.7 Å². The number of carbonyl (C=O) groups is 1. The smallest absolute Gasteiger partial charge is 0.328 e. The van der Waals surface area contributed by atoms with Crippen molar-refractivity contribution >= 4 is 21.9 Å². The van der Waals surface area contributed by atoms with Crippen molar-refractivity contribution in [2.45, 2.75) is 19.0 Å². The maximum atomic E-state index is 11.5. The fourth-order valence-electron chi connectivity index (χ4n) is 2.50. The van der Waals surface area contributed by atoms with Gasteiger partial charge >= 0.3 is 5.97 Å². The number of benzene rings is 1. The van der Waals surface area contributed by atoms with Crippen molar-refractivity contribution in [1.82, 2.24) is 4.90 Å². The predicted octanol–water partition coefficient (Wildman–Crippen LogP) is 1.40. The van der Waals surface area contributed by atoms with Gasteiger partial charge in [-0.15, -0.1) is 0 Å². The Kier molecular flexibility index (Phi) is 4.80. The topological polar surface area (TPSA) is 74.7 Å². The van der Waals surface area contributed by atoms with Crippen molar-refractivity contribution < 1.29 is 18.3 Å². The minimum atomic E-state index is -2.88. The summed E-state index contributed by atoms with van der Waals surface area (Å²) in [4.78, 5) is 12.6. The van der Waals surface area contributed by atoms with Crippen molar-refractivity contribution in [3.63, 3.8) is 0 Å². The highest BCUT2D eigenvalue weighted by atomic mass is 32.2. The molecule has 1 atom stereocenters. The molecule has 0 bridgehead atoms. The first-order valence-electron chi connectivity index (χ1n) is 6.76. The van der Waals surface area contributed by atoms with Crippen LogP contribution in [0.4, 0.5) is 0 Å². The van der Waals surface area contributed by atoms with Gasteiger partial charge in [0, 0.05) is 18.7 Å². The quantitative estimate of drug-likeness (QED) is 0.832. The molecule has 114 valence electrons. The Morgan fingerprint density at radius 3 is 2.86 bits per heavy atom. The molecule has 0 aliphatic carbocycles. The van der Waals surface area contributed by atoms with Gasteiger partial charge in [0.1, 0.15) is 0 Å². The van der Waals surface area contributed by atoms with Gasteiger partial charge in [0.05, 0.1) is 11.5 Å². The molecule has 1 aliphatic heterocycles. The maximum Gasteiger partial charge on any atom is 0.328 e. The SMILES string of the molecule is CN(Cc1cccc(C=CC(=O)O)c1)C1CCS(=O)(=O)C1. The van der Waals surface area contributed by atoms with Gasteiger partial charge in [0.25, 0.3) is 0 Å². The maximum absolute atomic E-state index is 11.5. The van der Waals surface area contributed by atoms with Crippen LogP contribution in [0.1, 0.15) is 17.5 Å². The number of carboxylic acid groups (broad SMARTS) is 1. The van der Waals surface area contributed by atoms with Crippen molar-refractivity contribution in [3.05, 3.63) is 41.5 Å². The molecule has 1 unspecified atom stereocenters. The molecule has 0 aromatic heterocycles. The molecule has 1 aliphatic rings. The lowest BCUT2D eigenvalue weighted by Crippen LogP contribution is -2.32. The molecule has 1 fully saturated rings. The Morgan fingerprint density at radius 2 is 2.24 bits per heavy atom. The summed E-state index contributed by atoms with van der Waals surface area (Å²) in [6.07, 6.45) is 3.33. The Hall–Kier alpha value is -1.66. The van der Waals surface area contributed by atoms with Gasteiger partial charge in [-0.25, -0.2) is 13.2 Å². The molecule has 5 nitrogen and oxygen atoms in total. The van der Waals surface area contributed by atoms with Crippen molar-refractivity contribution in [3.8, 4) is 0 Å². The van der Waals surface area contributed by atoms with Crippen LogP contribution >= 0.6 is 0 Å². The van der Waals surface area contributed by atoms with Gasteiger partial charge in [-0.3, -0.25) is 4.90 Å². The van der Waals surface area contributed by atoms with Gasteiger partial charge in [0.2, 0.25) is 0 Å². The highest BCUT2D eigenvalue weighted by molar-refractivity contribution is 7.91.